The number of rotatable bonds is 9. The Morgan fingerprint density at radius 1 is 1.08 bits per heavy atom. The molecule has 4 fully saturated rings. The lowest BCUT2D eigenvalue weighted by Gasteiger charge is -2.39. The molecule has 3 atom stereocenters. The van der Waals surface area contributed by atoms with Crippen molar-refractivity contribution in [3.8, 4) is 0 Å². The quantitative estimate of drug-likeness (QED) is 0.522. The normalized spacial score (nSPS) is 28.5. The van der Waals surface area contributed by atoms with Crippen molar-refractivity contribution < 1.29 is 30.9 Å². The van der Waals surface area contributed by atoms with Gasteiger partial charge in [0, 0.05) is 36.5 Å². The molecule has 1 amide bonds. The number of aromatic nitrogens is 1. The zero-order valence-corrected chi connectivity index (χ0v) is 21.2. The van der Waals surface area contributed by atoms with Crippen LogP contribution in [-0.2, 0) is 10.0 Å². The van der Waals surface area contributed by atoms with Crippen molar-refractivity contribution >= 4 is 15.9 Å². The molecule has 2 bridgehead atoms. The minimum Gasteiger partial charge on any atom is -0.360 e. The van der Waals surface area contributed by atoms with E-state index in [1.807, 2.05) is 4.90 Å². The number of alkyl halides is 3. The first-order chi connectivity index (χ1) is 17.1. The summed E-state index contributed by atoms with van der Waals surface area (Å²) in [4.78, 5) is 14.7. The molecule has 0 unspecified atom stereocenters. The minimum absolute atomic E-state index is 0.0264. The fourth-order valence-electron chi connectivity index (χ4n) is 6.19. The van der Waals surface area contributed by atoms with Crippen molar-refractivity contribution in [2.75, 3.05) is 25.4 Å². The lowest BCUT2D eigenvalue weighted by Crippen LogP contribution is -2.53. The van der Waals surface area contributed by atoms with Crippen LogP contribution in [-0.4, -0.2) is 78.4 Å². The maximum atomic E-state index is 13.4. The molecule has 1 aromatic rings. The van der Waals surface area contributed by atoms with Gasteiger partial charge in [0.15, 0.2) is 5.69 Å². The third-order valence-electron chi connectivity index (χ3n) is 8.15. The Labute approximate surface area is 210 Å². The molecule has 0 radical (unpaired) electrons. The number of likely N-dealkylation sites (tertiary alicyclic amines) is 1. The van der Waals surface area contributed by atoms with Gasteiger partial charge in [0.25, 0.3) is 5.91 Å². The minimum atomic E-state index is -4.13. The van der Waals surface area contributed by atoms with Crippen LogP contribution in [0.4, 0.5) is 13.2 Å². The number of carbonyl (C=O) groups excluding carboxylic acids is 1. The summed E-state index contributed by atoms with van der Waals surface area (Å²) in [6.45, 7) is 1.69. The van der Waals surface area contributed by atoms with Crippen molar-refractivity contribution in [3.05, 3.63) is 17.5 Å². The summed E-state index contributed by atoms with van der Waals surface area (Å²) in [5.74, 6) is 0.987. The summed E-state index contributed by atoms with van der Waals surface area (Å²) in [6, 6.07) is 1.40. The number of halogens is 3. The van der Waals surface area contributed by atoms with Crippen molar-refractivity contribution in [3.63, 3.8) is 0 Å². The SMILES string of the molecule is O=C(N[C@@H]1C[C@H]2CC[C@@H](C1)N2S(=O)(=O)CC1CCN(CCCC(F)(F)F)CC1)c1cc(C2CC2)on1. The number of nitrogens with one attached hydrogen (secondary N) is 1. The Morgan fingerprint density at radius 2 is 1.75 bits per heavy atom. The average Bonchev–Trinajstić information content (AvgIpc) is 3.45. The molecular weight excluding hydrogens is 497 g/mol. The molecule has 36 heavy (non-hydrogen) atoms. The maximum Gasteiger partial charge on any atom is 0.389 e. The third-order valence-corrected chi connectivity index (χ3v) is 10.3. The van der Waals surface area contributed by atoms with Gasteiger partial charge in [-0.2, -0.15) is 17.5 Å². The monoisotopic (exact) mass is 532 g/mol. The topological polar surface area (TPSA) is 95.8 Å². The van der Waals surface area contributed by atoms with Crippen molar-refractivity contribution in [2.45, 2.75) is 94.4 Å². The molecule has 0 spiro atoms. The Morgan fingerprint density at radius 3 is 2.36 bits per heavy atom. The predicted molar refractivity (Wildman–Crippen MR) is 126 cm³/mol. The number of fused-ring (bicyclic) bond motifs is 2. The summed E-state index contributed by atoms with van der Waals surface area (Å²) in [5.41, 5.74) is 0.282. The van der Waals surface area contributed by atoms with E-state index in [4.69, 9.17) is 4.52 Å². The van der Waals surface area contributed by atoms with E-state index in [1.165, 1.54) is 0 Å². The Bertz CT molecular complexity index is 1020. The van der Waals surface area contributed by atoms with Gasteiger partial charge in [-0.05, 0) is 83.3 Å². The Balaban J connectivity index is 1.09. The zero-order chi connectivity index (χ0) is 25.5. The van der Waals surface area contributed by atoms with Crippen molar-refractivity contribution in [1.82, 2.24) is 19.7 Å². The van der Waals surface area contributed by atoms with Crippen LogP contribution in [0.1, 0.15) is 86.4 Å². The molecular formula is C24H35F3N4O4S. The second kappa shape index (κ2) is 10.2. The molecule has 12 heteroatoms. The first kappa shape index (κ1) is 26.0. The summed E-state index contributed by atoms with van der Waals surface area (Å²) >= 11 is 0. The number of sulfonamides is 1. The summed E-state index contributed by atoms with van der Waals surface area (Å²) in [6.07, 6.45) is 1.45. The van der Waals surface area contributed by atoms with Crippen molar-refractivity contribution in [2.24, 2.45) is 5.92 Å². The molecule has 5 rings (SSSR count). The molecule has 0 aromatic carbocycles. The molecule has 3 saturated heterocycles. The lowest BCUT2D eigenvalue weighted by molar-refractivity contribution is -0.136. The fraction of sp³-hybridized carbons (Fsp3) is 0.833. The van der Waals surface area contributed by atoms with Crippen LogP contribution in [0.2, 0.25) is 0 Å². The van der Waals surface area contributed by atoms with E-state index in [0.717, 1.165) is 31.4 Å². The van der Waals surface area contributed by atoms with E-state index in [1.54, 1.807) is 10.4 Å². The van der Waals surface area contributed by atoms with Crippen LogP contribution in [0.3, 0.4) is 0 Å². The van der Waals surface area contributed by atoms with Gasteiger partial charge in [0.1, 0.15) is 5.76 Å². The number of nitrogens with zero attached hydrogens (tertiary/aromatic N) is 3. The fourth-order valence-corrected chi connectivity index (χ4v) is 8.58. The standard InChI is InChI=1S/C24H35F3N4O4S/c25-24(26,27)8-1-9-30-10-6-16(7-11-30)15-36(33,34)31-19-4-5-20(31)13-18(12-19)28-23(32)21-14-22(35-29-21)17-2-3-17/h14,16-20H,1-13,15H2,(H,28,32)/t18-,19-,20+. The smallest absolute Gasteiger partial charge is 0.360 e. The first-order valence-corrected chi connectivity index (χ1v) is 14.8. The zero-order valence-electron chi connectivity index (χ0n) is 20.4. The highest BCUT2D eigenvalue weighted by Crippen LogP contribution is 2.41. The average molecular weight is 533 g/mol. The van der Waals surface area contributed by atoms with E-state index < -0.39 is 22.6 Å². The second-order valence-electron chi connectivity index (χ2n) is 11.0. The van der Waals surface area contributed by atoms with Gasteiger partial charge in [0.2, 0.25) is 10.0 Å². The Kier molecular flexibility index (Phi) is 7.39. The molecule has 3 aliphatic heterocycles. The maximum absolute atomic E-state index is 13.4. The van der Waals surface area contributed by atoms with Crippen molar-refractivity contribution in [1.29, 1.82) is 0 Å². The molecule has 4 aliphatic rings. The van der Waals surface area contributed by atoms with Crippen LogP contribution >= 0.6 is 0 Å². The van der Waals surface area contributed by atoms with Gasteiger partial charge in [-0.3, -0.25) is 4.79 Å². The molecule has 1 aromatic heterocycles. The Hall–Kier alpha value is -1.66. The van der Waals surface area contributed by atoms with Gasteiger partial charge in [-0.1, -0.05) is 5.16 Å². The first-order valence-electron chi connectivity index (χ1n) is 13.2. The van der Waals surface area contributed by atoms with E-state index in [0.29, 0.717) is 51.2 Å². The number of carbonyl (C=O) groups is 1. The number of hydrogen-bond acceptors (Lipinski definition) is 6. The molecule has 1 aliphatic carbocycles. The van der Waals surface area contributed by atoms with E-state index in [2.05, 4.69) is 10.5 Å². The highest BCUT2D eigenvalue weighted by molar-refractivity contribution is 7.89. The van der Waals surface area contributed by atoms with E-state index >= 15 is 0 Å². The predicted octanol–water partition coefficient (Wildman–Crippen LogP) is 3.66. The molecule has 1 saturated carbocycles. The summed E-state index contributed by atoms with van der Waals surface area (Å²) in [7, 11) is -3.45. The highest BCUT2D eigenvalue weighted by atomic mass is 32.2. The van der Waals surface area contributed by atoms with Gasteiger partial charge in [-0.15, -0.1) is 0 Å². The lowest BCUT2D eigenvalue weighted by atomic mass is 9.99. The third kappa shape index (κ3) is 6.24. The van der Waals surface area contributed by atoms with Crippen LogP contribution in [0.15, 0.2) is 10.6 Å². The van der Waals surface area contributed by atoms with Gasteiger partial charge in [-0.25, -0.2) is 8.42 Å². The number of amides is 1. The summed E-state index contributed by atoms with van der Waals surface area (Å²) < 4.78 is 70.9. The molecule has 202 valence electrons. The number of piperidine rings is 2. The second-order valence-corrected chi connectivity index (χ2v) is 12.9. The van der Waals surface area contributed by atoms with Gasteiger partial charge >= 0.3 is 6.18 Å². The molecule has 8 nitrogen and oxygen atoms in total. The van der Waals surface area contributed by atoms with E-state index in [-0.39, 0.29) is 47.8 Å². The van der Waals surface area contributed by atoms with Crippen LogP contribution in [0, 0.1) is 5.92 Å². The van der Waals surface area contributed by atoms with Gasteiger partial charge < -0.3 is 14.7 Å². The molecule has 4 heterocycles. The largest absolute Gasteiger partial charge is 0.389 e. The van der Waals surface area contributed by atoms with E-state index in [9.17, 15) is 26.4 Å². The van der Waals surface area contributed by atoms with Crippen LogP contribution < -0.4 is 5.32 Å². The highest BCUT2D eigenvalue weighted by Gasteiger charge is 2.47. The van der Waals surface area contributed by atoms with Crippen LogP contribution in [0.5, 0.6) is 0 Å². The van der Waals surface area contributed by atoms with Gasteiger partial charge in [0.05, 0.1) is 5.75 Å². The number of hydrogen-bond donors (Lipinski definition) is 1. The van der Waals surface area contributed by atoms with Crippen LogP contribution in [0.25, 0.3) is 0 Å². The molecule has 1 N–H and O–H groups in total. The summed E-state index contributed by atoms with van der Waals surface area (Å²) in [5, 5.41) is 6.94.